The van der Waals surface area contributed by atoms with E-state index < -0.39 is 4.92 Å². The number of carbonyl (C=O) groups is 1. The Bertz CT molecular complexity index is 1850. The van der Waals surface area contributed by atoms with Crippen molar-refractivity contribution in [1.29, 1.82) is 0 Å². The molecule has 1 aliphatic heterocycles. The van der Waals surface area contributed by atoms with E-state index in [-0.39, 0.29) is 35.1 Å². The third-order valence-electron chi connectivity index (χ3n) is 11.7. The van der Waals surface area contributed by atoms with Gasteiger partial charge >= 0.3 is 5.69 Å². The number of nitrogens with one attached hydrogen (secondary N) is 1. The van der Waals surface area contributed by atoms with Crippen LogP contribution in [-0.2, 0) is 4.79 Å². The van der Waals surface area contributed by atoms with Crippen LogP contribution in [0, 0.1) is 33.3 Å². The molecule has 3 N–H and O–H groups in total. The maximum atomic E-state index is 13.1. The highest BCUT2D eigenvalue weighted by molar-refractivity contribution is 5.98. The van der Waals surface area contributed by atoms with Gasteiger partial charge < -0.3 is 20.7 Å². The molecule has 2 aliphatic carbocycles. The number of piperidine rings is 1. The number of anilines is 1. The first kappa shape index (κ1) is 34.9. The van der Waals surface area contributed by atoms with E-state index in [0.717, 1.165) is 50.7 Å². The number of aromatic nitrogens is 4. The Morgan fingerprint density at radius 1 is 1.14 bits per heavy atom. The number of benzene rings is 2. The van der Waals surface area contributed by atoms with Crippen LogP contribution in [-0.4, -0.2) is 61.7 Å². The van der Waals surface area contributed by atoms with Gasteiger partial charge in [0.25, 0.3) is 0 Å². The molecule has 3 fully saturated rings. The van der Waals surface area contributed by atoms with Crippen LogP contribution in [0.4, 0.5) is 11.5 Å². The fourth-order valence-electron chi connectivity index (χ4n) is 9.20. The van der Waals surface area contributed by atoms with Crippen molar-refractivity contribution in [3.63, 3.8) is 0 Å². The number of nitro groups is 1. The SMILES string of the molecule is CC1CC2CCCC(CC[C@@H](C)C(=O)NCCN3CCC(n4nc(-c5ccc(Oc6ccccc6)c([N+](=O)[O-])c5)c5c(N)ncnc54)CC3)(C1)C2. The van der Waals surface area contributed by atoms with Crippen molar-refractivity contribution in [1.82, 2.24) is 30.0 Å². The lowest BCUT2D eigenvalue weighted by Gasteiger charge is -2.48. The summed E-state index contributed by atoms with van der Waals surface area (Å²) in [6.45, 7) is 7.66. The van der Waals surface area contributed by atoms with Crippen LogP contribution >= 0.6 is 0 Å². The van der Waals surface area contributed by atoms with E-state index in [4.69, 9.17) is 15.6 Å². The molecule has 0 spiro atoms. The average Bonchev–Trinajstić information content (AvgIpc) is 3.52. The van der Waals surface area contributed by atoms with E-state index >= 15 is 0 Å². The van der Waals surface area contributed by atoms with Crippen LogP contribution < -0.4 is 15.8 Å². The second-order valence-corrected chi connectivity index (χ2v) is 15.4. The number of nitrogens with two attached hydrogens (primary N) is 1. The predicted octanol–water partition coefficient (Wildman–Crippen LogP) is 7.55. The highest BCUT2D eigenvalue weighted by Gasteiger charge is 2.41. The first-order valence-electron chi connectivity index (χ1n) is 18.7. The van der Waals surface area contributed by atoms with E-state index in [1.54, 1.807) is 24.3 Å². The molecule has 12 nitrogen and oxygen atoms in total. The van der Waals surface area contributed by atoms with Crippen LogP contribution in [0.2, 0.25) is 0 Å². The number of hydrogen-bond acceptors (Lipinski definition) is 9. The molecule has 0 radical (unpaired) electrons. The lowest BCUT2D eigenvalue weighted by atomic mass is 9.57. The monoisotopic (exact) mass is 694 g/mol. The Kier molecular flexibility index (Phi) is 10.2. The Hall–Kier alpha value is -4.58. The zero-order valence-corrected chi connectivity index (χ0v) is 29.8. The second kappa shape index (κ2) is 15.0. The van der Waals surface area contributed by atoms with Crippen LogP contribution in [0.3, 0.4) is 0 Å². The maximum Gasteiger partial charge on any atom is 0.312 e. The average molecular weight is 695 g/mol. The molecule has 12 heteroatoms. The molecular weight excluding hydrogens is 644 g/mol. The van der Waals surface area contributed by atoms with Crippen molar-refractivity contribution in [2.75, 3.05) is 31.9 Å². The number of nitrogens with zero attached hydrogens (tertiary/aromatic N) is 6. The fraction of sp³-hybridized carbons (Fsp3) is 0.538. The number of nitrogen functional groups attached to an aromatic ring is 1. The molecule has 3 unspecified atom stereocenters. The number of likely N-dealkylation sites (tertiary alicyclic amines) is 1. The summed E-state index contributed by atoms with van der Waals surface area (Å²) in [7, 11) is 0. The van der Waals surface area contributed by atoms with E-state index in [1.807, 2.05) is 22.9 Å². The molecule has 2 aromatic heterocycles. The zero-order valence-electron chi connectivity index (χ0n) is 29.8. The van der Waals surface area contributed by atoms with E-state index in [1.165, 1.54) is 57.3 Å². The number of fused-ring (bicyclic) bond motifs is 3. The van der Waals surface area contributed by atoms with Crippen LogP contribution in [0.1, 0.15) is 84.1 Å². The summed E-state index contributed by atoms with van der Waals surface area (Å²) in [6.07, 6.45) is 13.5. The zero-order chi connectivity index (χ0) is 35.5. The van der Waals surface area contributed by atoms with Crippen molar-refractivity contribution >= 4 is 28.4 Å². The third kappa shape index (κ3) is 7.71. The summed E-state index contributed by atoms with van der Waals surface area (Å²) in [4.78, 5) is 35.9. The summed E-state index contributed by atoms with van der Waals surface area (Å²) >= 11 is 0. The third-order valence-corrected chi connectivity index (χ3v) is 11.7. The molecule has 1 saturated heterocycles. The van der Waals surface area contributed by atoms with Gasteiger partial charge in [0.05, 0.1) is 16.4 Å². The first-order valence-corrected chi connectivity index (χ1v) is 18.7. The number of amides is 1. The van der Waals surface area contributed by atoms with Gasteiger partial charge in [-0.05, 0) is 92.9 Å². The predicted molar refractivity (Wildman–Crippen MR) is 197 cm³/mol. The molecule has 270 valence electrons. The van der Waals surface area contributed by atoms with Crippen molar-refractivity contribution in [3.05, 3.63) is 65.0 Å². The van der Waals surface area contributed by atoms with E-state index in [0.29, 0.717) is 40.0 Å². The van der Waals surface area contributed by atoms with Gasteiger partial charge in [-0.3, -0.25) is 14.9 Å². The molecule has 2 aromatic carbocycles. The lowest BCUT2D eigenvalue weighted by Crippen LogP contribution is -2.41. The highest BCUT2D eigenvalue weighted by atomic mass is 16.6. The summed E-state index contributed by atoms with van der Waals surface area (Å²) < 4.78 is 7.75. The van der Waals surface area contributed by atoms with Gasteiger partial charge in [-0.1, -0.05) is 44.9 Å². The summed E-state index contributed by atoms with van der Waals surface area (Å²) in [5.41, 5.74) is 8.30. The van der Waals surface area contributed by atoms with Gasteiger partial charge in [-0.25, -0.2) is 14.6 Å². The largest absolute Gasteiger partial charge is 0.450 e. The van der Waals surface area contributed by atoms with Crippen molar-refractivity contribution in [2.24, 2.45) is 23.2 Å². The Morgan fingerprint density at radius 2 is 1.94 bits per heavy atom. The highest BCUT2D eigenvalue weighted by Crippen LogP contribution is 2.53. The van der Waals surface area contributed by atoms with Gasteiger partial charge in [0.2, 0.25) is 11.7 Å². The molecule has 3 heterocycles. The van der Waals surface area contributed by atoms with Gasteiger partial charge in [-0.15, -0.1) is 0 Å². The van der Waals surface area contributed by atoms with E-state index in [9.17, 15) is 14.9 Å². The van der Waals surface area contributed by atoms with Crippen LogP contribution in [0.15, 0.2) is 54.9 Å². The first-order chi connectivity index (χ1) is 24.7. The molecule has 4 atom stereocenters. The minimum Gasteiger partial charge on any atom is -0.450 e. The number of rotatable bonds is 12. The number of hydrogen-bond donors (Lipinski definition) is 2. The Labute approximate surface area is 299 Å². The number of para-hydroxylation sites is 1. The molecule has 3 aliphatic rings. The van der Waals surface area contributed by atoms with E-state index in [2.05, 4.69) is 34.0 Å². The van der Waals surface area contributed by atoms with Crippen molar-refractivity contribution in [2.45, 2.75) is 84.1 Å². The molecule has 51 heavy (non-hydrogen) atoms. The van der Waals surface area contributed by atoms with Gasteiger partial charge in [0, 0.05) is 43.7 Å². The van der Waals surface area contributed by atoms with Crippen molar-refractivity contribution < 1.29 is 14.5 Å². The van der Waals surface area contributed by atoms with Gasteiger partial charge in [0.1, 0.15) is 23.6 Å². The van der Waals surface area contributed by atoms with Gasteiger partial charge in [0.15, 0.2) is 5.65 Å². The summed E-state index contributed by atoms with van der Waals surface area (Å²) in [6, 6.07) is 13.8. The summed E-state index contributed by atoms with van der Waals surface area (Å²) in [5, 5.41) is 20.9. The standard InChI is InChI=1S/C39H50N8O4/c1-26-21-28-7-6-15-39(23-26,24-28)16-12-27(2)38(48)41-17-20-45-18-13-30(14-19-45)46-37-34(36(40)42-25-43-37)35(44-46)29-10-11-33(32(22-29)47(49)50)51-31-8-4-3-5-9-31/h3-5,8-11,22,25-28,30H,6-7,12-21,23-24H2,1-2H3,(H,41,48)(H2,40,42,43)/t26?,27-,28?,39?/m1/s1. The topological polar surface area (TPSA) is 154 Å². The smallest absolute Gasteiger partial charge is 0.312 e. The van der Waals surface area contributed by atoms with Gasteiger partial charge in [-0.2, -0.15) is 5.10 Å². The maximum absolute atomic E-state index is 13.1. The van der Waals surface area contributed by atoms with Crippen molar-refractivity contribution in [3.8, 4) is 22.8 Å². The minimum absolute atomic E-state index is 0.0356. The molecule has 1 amide bonds. The molecule has 2 bridgehead atoms. The normalized spacial score (nSPS) is 23.2. The number of nitro benzene ring substituents is 1. The van der Waals surface area contributed by atoms with Crippen LogP contribution in [0.25, 0.3) is 22.3 Å². The number of ether oxygens (including phenoxy) is 1. The molecular formula is C39H50N8O4. The fourth-order valence-corrected chi connectivity index (χ4v) is 9.20. The molecule has 2 saturated carbocycles. The Balaban J connectivity index is 0.960. The Morgan fingerprint density at radius 3 is 2.73 bits per heavy atom. The lowest BCUT2D eigenvalue weighted by molar-refractivity contribution is -0.385. The second-order valence-electron chi connectivity index (χ2n) is 15.4. The molecule has 4 aromatic rings. The summed E-state index contributed by atoms with van der Waals surface area (Å²) in [5.74, 6) is 2.84. The quantitative estimate of drug-likeness (QED) is 0.113. The number of carbonyl (C=O) groups excluding carboxylic acids is 1. The van der Waals surface area contributed by atoms with Crippen LogP contribution in [0.5, 0.6) is 11.5 Å². The minimum atomic E-state index is -0.457. The molecule has 7 rings (SSSR count).